The van der Waals surface area contributed by atoms with Crippen LogP contribution in [0.2, 0.25) is 0 Å². The number of nitrogens with two attached hydrogens (primary N) is 1. The van der Waals surface area contributed by atoms with Crippen molar-refractivity contribution in [3.8, 4) is 0 Å². The van der Waals surface area contributed by atoms with Crippen LogP contribution in [0, 0.1) is 0 Å². The summed E-state index contributed by atoms with van der Waals surface area (Å²) in [6, 6.07) is 8.72. The van der Waals surface area contributed by atoms with E-state index in [0.29, 0.717) is 18.4 Å². The number of hydrogen-bond donors (Lipinski definition) is 2. The highest BCUT2D eigenvalue weighted by atomic mass is 16.4. The van der Waals surface area contributed by atoms with Crippen molar-refractivity contribution >= 4 is 5.97 Å². The molecule has 0 radical (unpaired) electrons. The molecule has 2 rings (SSSR count). The summed E-state index contributed by atoms with van der Waals surface area (Å²) in [6.07, 6.45) is 5.49. The van der Waals surface area contributed by atoms with Crippen LogP contribution >= 0.6 is 0 Å². The van der Waals surface area contributed by atoms with Gasteiger partial charge in [0.05, 0.1) is 0 Å². The molecule has 0 saturated heterocycles. The fraction of sp³-hybridized carbons (Fsp3) is 0.526. The summed E-state index contributed by atoms with van der Waals surface area (Å²) in [5, 5.41) is 8.85. The molecule has 1 fully saturated rings. The van der Waals surface area contributed by atoms with Crippen LogP contribution in [-0.2, 0) is 11.2 Å². The Morgan fingerprint density at radius 3 is 2.74 bits per heavy atom. The Bertz CT molecular complexity index is 527. The molecule has 0 bridgehead atoms. The molecule has 0 heterocycles. The highest BCUT2D eigenvalue weighted by Gasteiger charge is 2.41. The van der Waals surface area contributed by atoms with E-state index in [9.17, 15) is 4.79 Å². The number of carboxylic acid groups (broad SMARTS) is 1. The Morgan fingerprint density at radius 1 is 1.48 bits per heavy atom. The second-order valence-corrected chi connectivity index (χ2v) is 6.38. The molecule has 0 aromatic heterocycles. The minimum absolute atomic E-state index is 0.519. The first kappa shape index (κ1) is 17.7. The summed E-state index contributed by atoms with van der Waals surface area (Å²) >= 11 is 0. The van der Waals surface area contributed by atoms with Crippen LogP contribution in [-0.4, -0.2) is 41.1 Å². The molecule has 1 aromatic rings. The lowest BCUT2D eigenvalue weighted by Crippen LogP contribution is -2.33. The largest absolute Gasteiger partial charge is 0.480 e. The number of carbonyl (C=O) groups is 1. The van der Waals surface area contributed by atoms with Gasteiger partial charge in [-0.2, -0.15) is 0 Å². The Hall–Kier alpha value is -1.65. The molecular formula is C19H28N2O2. The molecule has 4 nitrogen and oxygen atoms in total. The molecule has 1 aromatic carbocycles. The van der Waals surface area contributed by atoms with Gasteiger partial charge in [0.25, 0.3) is 0 Å². The first-order chi connectivity index (χ1) is 11.1. The maximum absolute atomic E-state index is 10.8. The first-order valence-electron chi connectivity index (χ1n) is 8.49. The van der Waals surface area contributed by atoms with E-state index in [2.05, 4.69) is 42.7 Å². The lowest BCUT2D eigenvalue weighted by molar-refractivity contribution is -0.138. The highest BCUT2D eigenvalue weighted by molar-refractivity contribution is 5.72. The summed E-state index contributed by atoms with van der Waals surface area (Å²) in [7, 11) is 0. The van der Waals surface area contributed by atoms with Crippen LogP contribution in [0.1, 0.15) is 43.2 Å². The number of nitrogens with zero attached hydrogens (tertiary/aromatic N) is 1. The first-order valence-corrected chi connectivity index (χ1v) is 8.49. The van der Waals surface area contributed by atoms with Gasteiger partial charge in [-0.15, -0.1) is 6.58 Å². The van der Waals surface area contributed by atoms with Crippen molar-refractivity contribution in [3.63, 3.8) is 0 Å². The molecule has 23 heavy (non-hydrogen) atoms. The zero-order valence-corrected chi connectivity index (χ0v) is 13.9. The predicted molar refractivity (Wildman–Crippen MR) is 93.6 cm³/mol. The topological polar surface area (TPSA) is 66.6 Å². The molecule has 3 N–H and O–H groups in total. The van der Waals surface area contributed by atoms with Crippen molar-refractivity contribution in [1.29, 1.82) is 0 Å². The van der Waals surface area contributed by atoms with E-state index in [-0.39, 0.29) is 0 Å². The van der Waals surface area contributed by atoms with Gasteiger partial charge < -0.3 is 10.8 Å². The number of aliphatic carboxylic acids is 1. The van der Waals surface area contributed by atoms with Gasteiger partial charge in [0.1, 0.15) is 6.04 Å². The average molecular weight is 316 g/mol. The second kappa shape index (κ2) is 8.27. The van der Waals surface area contributed by atoms with Crippen molar-refractivity contribution < 1.29 is 9.90 Å². The summed E-state index contributed by atoms with van der Waals surface area (Å²) in [5.74, 6) is -0.324. The molecule has 126 valence electrons. The van der Waals surface area contributed by atoms with Crippen LogP contribution in [0.5, 0.6) is 0 Å². The smallest absolute Gasteiger partial charge is 0.320 e. The van der Waals surface area contributed by atoms with Gasteiger partial charge in [0.2, 0.25) is 0 Å². The van der Waals surface area contributed by atoms with Crippen molar-refractivity contribution in [3.05, 3.63) is 48.0 Å². The van der Waals surface area contributed by atoms with E-state index in [1.807, 2.05) is 6.08 Å². The fourth-order valence-electron chi connectivity index (χ4n) is 3.14. The zero-order valence-electron chi connectivity index (χ0n) is 13.9. The van der Waals surface area contributed by atoms with Crippen LogP contribution in [0.25, 0.3) is 0 Å². The van der Waals surface area contributed by atoms with Gasteiger partial charge in [0.15, 0.2) is 0 Å². The third-order valence-corrected chi connectivity index (χ3v) is 4.68. The Morgan fingerprint density at radius 2 is 2.17 bits per heavy atom. The third kappa shape index (κ3) is 4.91. The number of rotatable bonds is 10. The molecule has 0 amide bonds. The number of hydrogen-bond acceptors (Lipinski definition) is 3. The van der Waals surface area contributed by atoms with Gasteiger partial charge >= 0.3 is 5.97 Å². The van der Waals surface area contributed by atoms with Crippen molar-refractivity contribution in [1.82, 2.24) is 4.90 Å². The van der Waals surface area contributed by atoms with Gasteiger partial charge in [-0.05, 0) is 43.4 Å². The maximum Gasteiger partial charge on any atom is 0.320 e. The molecule has 1 aliphatic carbocycles. The summed E-state index contributed by atoms with van der Waals surface area (Å²) in [6.45, 7) is 7.73. The molecule has 1 saturated carbocycles. The molecule has 0 unspecified atom stereocenters. The summed E-state index contributed by atoms with van der Waals surface area (Å²) in [5.41, 5.74) is 8.35. The predicted octanol–water partition coefficient (Wildman–Crippen LogP) is 2.79. The zero-order chi connectivity index (χ0) is 16.8. The lowest BCUT2D eigenvalue weighted by atomic mass is 10.1. The van der Waals surface area contributed by atoms with Crippen molar-refractivity contribution in [2.75, 3.05) is 13.1 Å². The highest BCUT2D eigenvalue weighted by Crippen LogP contribution is 2.44. The van der Waals surface area contributed by atoms with E-state index >= 15 is 0 Å². The molecule has 3 atom stereocenters. The van der Waals surface area contributed by atoms with Gasteiger partial charge in [-0.25, -0.2) is 0 Å². The van der Waals surface area contributed by atoms with E-state index in [1.165, 1.54) is 17.5 Å². The molecule has 1 aliphatic rings. The number of aryl methyl sites for hydroxylation is 1. The van der Waals surface area contributed by atoms with Crippen LogP contribution in [0.3, 0.4) is 0 Å². The van der Waals surface area contributed by atoms with Crippen LogP contribution in [0.4, 0.5) is 0 Å². The van der Waals surface area contributed by atoms with Crippen molar-refractivity contribution in [2.45, 2.75) is 50.6 Å². The average Bonchev–Trinajstić information content (AvgIpc) is 3.34. The second-order valence-electron chi connectivity index (χ2n) is 6.38. The normalized spacial score (nSPS) is 21.2. The fourth-order valence-corrected chi connectivity index (χ4v) is 3.14. The molecule has 0 aliphatic heterocycles. The third-order valence-electron chi connectivity index (χ3n) is 4.68. The van der Waals surface area contributed by atoms with E-state index in [1.54, 1.807) is 0 Å². The monoisotopic (exact) mass is 316 g/mol. The Balaban J connectivity index is 1.86. The SMILES string of the molecule is C=CCN(CCC[C@H](N)C(=O)O)[C@@H]1C[C@H]1c1ccc(CC)cc1. The summed E-state index contributed by atoms with van der Waals surface area (Å²) in [4.78, 5) is 13.2. The Kier molecular flexibility index (Phi) is 6.37. The Labute approximate surface area is 139 Å². The van der Waals surface area contributed by atoms with Gasteiger partial charge in [-0.1, -0.05) is 37.3 Å². The van der Waals surface area contributed by atoms with Crippen molar-refractivity contribution in [2.24, 2.45) is 5.73 Å². The van der Waals surface area contributed by atoms with Crippen LogP contribution in [0.15, 0.2) is 36.9 Å². The molecular weight excluding hydrogens is 288 g/mol. The number of carboxylic acids is 1. The summed E-state index contributed by atoms with van der Waals surface area (Å²) < 4.78 is 0. The maximum atomic E-state index is 10.8. The lowest BCUT2D eigenvalue weighted by Gasteiger charge is -2.21. The number of benzene rings is 1. The van der Waals surface area contributed by atoms with E-state index < -0.39 is 12.0 Å². The quantitative estimate of drug-likeness (QED) is 0.651. The van der Waals surface area contributed by atoms with Gasteiger partial charge in [-0.3, -0.25) is 9.69 Å². The van der Waals surface area contributed by atoms with E-state index in [0.717, 1.165) is 25.9 Å². The standard InChI is InChI=1S/C19H28N2O2/c1-3-11-21(12-5-6-17(20)19(22)23)18-13-16(18)15-9-7-14(4-2)8-10-15/h3,7-10,16-18H,1,4-6,11-13,20H2,2H3,(H,22,23)/t16-,17-,18+/m0/s1. The minimum Gasteiger partial charge on any atom is -0.480 e. The van der Waals surface area contributed by atoms with Gasteiger partial charge in [0, 0.05) is 18.5 Å². The minimum atomic E-state index is -0.916. The van der Waals surface area contributed by atoms with Crippen LogP contribution < -0.4 is 5.73 Å². The molecule has 4 heteroatoms. The molecule has 0 spiro atoms. The van der Waals surface area contributed by atoms with E-state index in [4.69, 9.17) is 10.8 Å².